The SMILES string of the molecule is C#Cc1c(C)cc(OCCCCCCCCCCCC)cc1C. The zero-order chi connectivity index (χ0) is 16.9. The third kappa shape index (κ3) is 8.12. The lowest BCUT2D eigenvalue weighted by molar-refractivity contribution is 0.304. The van der Waals surface area contributed by atoms with E-state index >= 15 is 0 Å². The summed E-state index contributed by atoms with van der Waals surface area (Å²) in [6, 6.07) is 4.11. The molecule has 0 amide bonds. The predicted octanol–water partition coefficient (Wildman–Crippen LogP) is 6.58. The van der Waals surface area contributed by atoms with E-state index in [0.29, 0.717) is 0 Å². The van der Waals surface area contributed by atoms with Gasteiger partial charge in [-0.2, -0.15) is 0 Å². The normalized spacial score (nSPS) is 10.5. The fourth-order valence-corrected chi connectivity index (χ4v) is 3.01. The molecule has 0 atom stereocenters. The first-order valence-corrected chi connectivity index (χ1v) is 9.39. The molecule has 0 aliphatic carbocycles. The largest absolute Gasteiger partial charge is 0.494 e. The molecular weight excluding hydrogens is 280 g/mol. The third-order valence-corrected chi connectivity index (χ3v) is 4.42. The summed E-state index contributed by atoms with van der Waals surface area (Å²) in [6.07, 6.45) is 19.0. The second kappa shape index (κ2) is 12.1. The number of rotatable bonds is 12. The van der Waals surface area contributed by atoms with Crippen LogP contribution in [-0.4, -0.2) is 6.61 Å². The molecule has 0 aliphatic heterocycles. The molecule has 1 nitrogen and oxygen atoms in total. The van der Waals surface area contributed by atoms with Crippen LogP contribution in [0.2, 0.25) is 0 Å². The monoisotopic (exact) mass is 314 g/mol. The van der Waals surface area contributed by atoms with Crippen LogP contribution in [0.4, 0.5) is 0 Å². The van der Waals surface area contributed by atoms with Gasteiger partial charge in [0.2, 0.25) is 0 Å². The maximum Gasteiger partial charge on any atom is 0.119 e. The van der Waals surface area contributed by atoms with E-state index in [1.807, 2.05) is 0 Å². The predicted molar refractivity (Wildman–Crippen MR) is 101 cm³/mol. The highest BCUT2D eigenvalue weighted by Gasteiger charge is 2.03. The van der Waals surface area contributed by atoms with Crippen LogP contribution in [-0.2, 0) is 0 Å². The molecule has 0 saturated carbocycles. The fourth-order valence-electron chi connectivity index (χ4n) is 3.01. The van der Waals surface area contributed by atoms with Crippen LogP contribution in [0.1, 0.15) is 87.8 Å². The summed E-state index contributed by atoms with van der Waals surface area (Å²) >= 11 is 0. The number of aryl methyl sites for hydroxylation is 2. The Morgan fingerprint density at radius 2 is 1.30 bits per heavy atom. The van der Waals surface area contributed by atoms with Gasteiger partial charge >= 0.3 is 0 Å². The number of benzene rings is 1. The second-order valence-electron chi connectivity index (χ2n) is 6.61. The van der Waals surface area contributed by atoms with Crippen molar-refractivity contribution < 1.29 is 4.74 Å². The Labute approximate surface area is 143 Å². The smallest absolute Gasteiger partial charge is 0.119 e. The number of terminal acetylenes is 1. The molecule has 1 aromatic carbocycles. The minimum absolute atomic E-state index is 0.810. The van der Waals surface area contributed by atoms with Crippen LogP contribution in [0, 0.1) is 26.2 Å². The molecule has 0 N–H and O–H groups in total. The average molecular weight is 315 g/mol. The van der Waals surface area contributed by atoms with Gasteiger partial charge in [-0.25, -0.2) is 0 Å². The molecule has 1 rings (SSSR count). The number of unbranched alkanes of at least 4 members (excludes halogenated alkanes) is 9. The van der Waals surface area contributed by atoms with Gasteiger partial charge in [0.25, 0.3) is 0 Å². The Balaban J connectivity index is 2.06. The van der Waals surface area contributed by atoms with E-state index in [2.05, 4.69) is 38.8 Å². The molecule has 0 fully saturated rings. The highest BCUT2D eigenvalue weighted by molar-refractivity contribution is 5.49. The first-order valence-electron chi connectivity index (χ1n) is 9.39. The molecule has 0 saturated heterocycles. The van der Waals surface area contributed by atoms with Crippen molar-refractivity contribution in [2.45, 2.75) is 85.0 Å². The summed E-state index contributed by atoms with van der Waals surface area (Å²) in [5.41, 5.74) is 3.26. The van der Waals surface area contributed by atoms with Crippen LogP contribution in [0.3, 0.4) is 0 Å². The number of ether oxygens (including phenoxy) is 1. The lowest BCUT2D eigenvalue weighted by atomic mass is 10.0. The lowest BCUT2D eigenvalue weighted by Crippen LogP contribution is -1.99. The van der Waals surface area contributed by atoms with Gasteiger partial charge in [0, 0.05) is 5.56 Å². The highest BCUT2D eigenvalue weighted by atomic mass is 16.5. The van der Waals surface area contributed by atoms with E-state index in [9.17, 15) is 0 Å². The molecule has 0 aromatic heterocycles. The summed E-state index contributed by atoms with van der Waals surface area (Å²) < 4.78 is 5.87. The molecule has 0 aliphatic rings. The molecule has 0 radical (unpaired) electrons. The van der Waals surface area contributed by atoms with E-state index in [0.717, 1.165) is 35.5 Å². The van der Waals surface area contributed by atoms with Crippen molar-refractivity contribution in [3.8, 4) is 18.1 Å². The molecule has 0 spiro atoms. The minimum atomic E-state index is 0.810. The topological polar surface area (TPSA) is 9.23 Å². The van der Waals surface area contributed by atoms with Crippen LogP contribution < -0.4 is 4.74 Å². The van der Waals surface area contributed by atoms with E-state index in [1.165, 1.54) is 57.8 Å². The Hall–Kier alpha value is -1.42. The first-order chi connectivity index (χ1) is 11.2. The molecule has 0 unspecified atom stereocenters. The van der Waals surface area contributed by atoms with Gasteiger partial charge in [-0.3, -0.25) is 0 Å². The molecule has 0 heterocycles. The summed E-state index contributed by atoms with van der Waals surface area (Å²) in [5.74, 6) is 3.70. The quantitative estimate of drug-likeness (QED) is 0.312. The van der Waals surface area contributed by atoms with Gasteiger partial charge in [0.1, 0.15) is 5.75 Å². The number of hydrogen-bond donors (Lipinski definition) is 0. The maximum atomic E-state index is 5.87. The maximum absolute atomic E-state index is 5.87. The molecule has 23 heavy (non-hydrogen) atoms. The zero-order valence-corrected chi connectivity index (χ0v) is 15.4. The Morgan fingerprint density at radius 3 is 1.78 bits per heavy atom. The van der Waals surface area contributed by atoms with Crippen molar-refractivity contribution in [2.75, 3.05) is 6.61 Å². The van der Waals surface area contributed by atoms with Gasteiger partial charge in [-0.15, -0.1) is 6.42 Å². The van der Waals surface area contributed by atoms with Gasteiger partial charge < -0.3 is 4.74 Å². The standard InChI is InChI=1S/C22H34O/c1-5-7-8-9-10-11-12-13-14-15-16-23-21-17-19(3)22(6-2)20(4)18-21/h2,17-18H,5,7-16H2,1,3-4H3. The van der Waals surface area contributed by atoms with Crippen molar-refractivity contribution >= 4 is 0 Å². The van der Waals surface area contributed by atoms with Gasteiger partial charge in [-0.05, 0) is 43.5 Å². The fraction of sp³-hybridized carbons (Fsp3) is 0.636. The van der Waals surface area contributed by atoms with Crippen LogP contribution in [0.15, 0.2) is 12.1 Å². The summed E-state index contributed by atoms with van der Waals surface area (Å²) in [6.45, 7) is 7.18. The van der Waals surface area contributed by atoms with Crippen LogP contribution in [0.5, 0.6) is 5.75 Å². The van der Waals surface area contributed by atoms with E-state index in [4.69, 9.17) is 11.2 Å². The van der Waals surface area contributed by atoms with E-state index in [1.54, 1.807) is 0 Å². The Bertz CT molecular complexity index is 458. The molecule has 0 bridgehead atoms. The second-order valence-corrected chi connectivity index (χ2v) is 6.61. The highest BCUT2D eigenvalue weighted by Crippen LogP contribution is 2.21. The average Bonchev–Trinajstić information content (AvgIpc) is 2.52. The van der Waals surface area contributed by atoms with Crippen LogP contribution >= 0.6 is 0 Å². The zero-order valence-electron chi connectivity index (χ0n) is 15.4. The van der Waals surface area contributed by atoms with Crippen molar-refractivity contribution in [1.29, 1.82) is 0 Å². The van der Waals surface area contributed by atoms with Gasteiger partial charge in [-0.1, -0.05) is 70.6 Å². The summed E-state index contributed by atoms with van der Waals surface area (Å²) in [4.78, 5) is 0. The van der Waals surface area contributed by atoms with E-state index in [-0.39, 0.29) is 0 Å². The molecule has 128 valence electrons. The molecule has 1 heteroatoms. The first kappa shape index (κ1) is 19.6. The lowest BCUT2D eigenvalue weighted by Gasteiger charge is -2.10. The number of hydrogen-bond acceptors (Lipinski definition) is 1. The van der Waals surface area contributed by atoms with Crippen molar-refractivity contribution in [3.63, 3.8) is 0 Å². The van der Waals surface area contributed by atoms with Gasteiger partial charge in [0.05, 0.1) is 6.61 Å². The minimum Gasteiger partial charge on any atom is -0.494 e. The Morgan fingerprint density at radius 1 is 0.826 bits per heavy atom. The van der Waals surface area contributed by atoms with E-state index < -0.39 is 0 Å². The van der Waals surface area contributed by atoms with Crippen molar-refractivity contribution in [2.24, 2.45) is 0 Å². The van der Waals surface area contributed by atoms with Gasteiger partial charge in [0.15, 0.2) is 0 Å². The van der Waals surface area contributed by atoms with Crippen LogP contribution in [0.25, 0.3) is 0 Å². The van der Waals surface area contributed by atoms with Crippen molar-refractivity contribution in [3.05, 3.63) is 28.8 Å². The summed E-state index contributed by atoms with van der Waals surface area (Å²) in [7, 11) is 0. The Kier molecular flexibility index (Phi) is 10.3. The summed E-state index contributed by atoms with van der Waals surface area (Å²) in [5, 5.41) is 0. The molecular formula is C22H34O. The van der Waals surface area contributed by atoms with Crippen molar-refractivity contribution in [1.82, 2.24) is 0 Å². The molecule has 1 aromatic rings. The third-order valence-electron chi connectivity index (χ3n) is 4.42.